The van der Waals surface area contributed by atoms with Crippen LogP contribution in [-0.4, -0.2) is 136 Å². The highest BCUT2D eigenvalue weighted by atomic mass is 16.4. The van der Waals surface area contributed by atoms with Gasteiger partial charge in [0, 0.05) is 0 Å². The lowest BCUT2D eigenvalue weighted by atomic mass is 9.97. The maximum absolute atomic E-state index is 13.7. The fourth-order valence-corrected chi connectivity index (χ4v) is 6.60. The van der Waals surface area contributed by atoms with E-state index < -0.39 is 133 Å². The molecule has 0 radical (unpaired) electrons. The summed E-state index contributed by atoms with van der Waals surface area (Å²) in [5, 5.41) is 49.7. The number of aliphatic hydroxyl groups excluding tert-OH is 2. The minimum absolute atomic E-state index is 0.0209. The van der Waals surface area contributed by atoms with Gasteiger partial charge in [-0.3, -0.25) is 38.4 Å². The van der Waals surface area contributed by atoms with Gasteiger partial charge >= 0.3 is 5.97 Å². The highest BCUT2D eigenvalue weighted by Crippen LogP contribution is 2.13. The Labute approximate surface area is 384 Å². The molecule has 0 fully saturated rings. The monoisotopic (exact) mass is 928 g/mol. The second kappa shape index (κ2) is 29.6. The van der Waals surface area contributed by atoms with E-state index in [0.29, 0.717) is 12.8 Å². The third-order valence-electron chi connectivity index (χ3n) is 10.5. The molecule has 0 spiro atoms. The first-order valence-corrected chi connectivity index (χ1v) is 22.7. The van der Waals surface area contributed by atoms with Crippen molar-refractivity contribution in [1.29, 1.82) is 0 Å². The summed E-state index contributed by atoms with van der Waals surface area (Å²) < 4.78 is 0. The summed E-state index contributed by atoms with van der Waals surface area (Å²) in [6.07, 6.45) is 1.22. The molecule has 21 nitrogen and oxygen atoms in total. The summed E-state index contributed by atoms with van der Waals surface area (Å²) in [6, 6.07) is -11.3. The first-order chi connectivity index (χ1) is 30.1. The number of carbonyl (C=O) groups excluding carboxylic acids is 8. The van der Waals surface area contributed by atoms with Crippen LogP contribution in [0.1, 0.15) is 122 Å². The van der Waals surface area contributed by atoms with Crippen molar-refractivity contribution in [2.75, 3.05) is 13.2 Å². The molecule has 0 rings (SSSR count). The standard InChI is InChI=1S/C44H81N9O12/c1-14-26(12)35(43(63)46-27(13)36(56)47-29(16-22(4)5)39(59)50-32(19-54)41(61)52-34(25(10)11)44(64)65)53-42(62)33(20-55)51-40(60)31(18-24(8)9)49-38(58)30(17-23(6)7)48-37(57)28(45)15-21(2)3/h21-35,54-55H,14-20,45H2,1-13H3,(H,46,63)(H,47,56)(H,48,57)(H,49,58)(H,50,59)(H,51,60)(H,52,61)(H,53,62)(H,64,65)/t26-,27-,28-,29-,30-,31-,32-,33-,34-,35-/m0/s1. The van der Waals surface area contributed by atoms with Crippen LogP contribution in [0, 0.1) is 35.5 Å². The molecule has 0 aliphatic heterocycles. The molecular formula is C44H81N9O12. The van der Waals surface area contributed by atoms with Gasteiger partial charge in [-0.05, 0) is 68.1 Å². The lowest BCUT2D eigenvalue weighted by Gasteiger charge is -2.29. The van der Waals surface area contributed by atoms with Gasteiger partial charge in [-0.15, -0.1) is 0 Å². The van der Waals surface area contributed by atoms with Gasteiger partial charge in [0.25, 0.3) is 0 Å². The fourth-order valence-electron chi connectivity index (χ4n) is 6.60. The average Bonchev–Trinajstić information content (AvgIpc) is 3.20. The van der Waals surface area contributed by atoms with Crippen LogP contribution in [-0.2, 0) is 43.2 Å². The number of hydrogen-bond donors (Lipinski definition) is 12. The molecule has 374 valence electrons. The molecule has 0 aromatic heterocycles. The number of nitrogens with two attached hydrogens (primary N) is 1. The Balaban J connectivity index is 6.09. The van der Waals surface area contributed by atoms with E-state index >= 15 is 0 Å². The summed E-state index contributed by atoms with van der Waals surface area (Å²) in [5.74, 6) is -8.79. The van der Waals surface area contributed by atoms with Gasteiger partial charge < -0.3 is 63.6 Å². The lowest BCUT2D eigenvalue weighted by molar-refractivity contribution is -0.144. The minimum Gasteiger partial charge on any atom is -0.480 e. The van der Waals surface area contributed by atoms with Gasteiger partial charge in [-0.1, -0.05) is 89.5 Å². The van der Waals surface area contributed by atoms with Crippen molar-refractivity contribution in [3.05, 3.63) is 0 Å². The number of carbonyl (C=O) groups is 9. The third kappa shape index (κ3) is 22.2. The third-order valence-corrected chi connectivity index (χ3v) is 10.5. The molecular weight excluding hydrogens is 847 g/mol. The number of rotatable bonds is 30. The molecule has 0 saturated heterocycles. The van der Waals surface area contributed by atoms with E-state index in [4.69, 9.17) is 5.73 Å². The summed E-state index contributed by atoms with van der Waals surface area (Å²) in [4.78, 5) is 119. The first kappa shape index (κ1) is 60.1. The molecule has 0 unspecified atom stereocenters. The van der Waals surface area contributed by atoms with E-state index in [1.807, 2.05) is 41.5 Å². The van der Waals surface area contributed by atoms with Crippen molar-refractivity contribution < 1.29 is 58.5 Å². The van der Waals surface area contributed by atoms with Crippen LogP contribution in [0.5, 0.6) is 0 Å². The predicted octanol–water partition coefficient (Wildman–Crippen LogP) is -0.832. The van der Waals surface area contributed by atoms with Gasteiger partial charge in [-0.25, -0.2) is 4.79 Å². The Morgan fingerprint density at radius 3 is 1.06 bits per heavy atom. The molecule has 65 heavy (non-hydrogen) atoms. The van der Waals surface area contributed by atoms with Crippen LogP contribution < -0.4 is 48.3 Å². The number of hydrogen-bond acceptors (Lipinski definition) is 12. The smallest absolute Gasteiger partial charge is 0.326 e. The molecule has 0 bridgehead atoms. The Hall–Kier alpha value is -4.89. The predicted molar refractivity (Wildman–Crippen MR) is 243 cm³/mol. The van der Waals surface area contributed by atoms with Crippen LogP contribution in [0.2, 0.25) is 0 Å². The zero-order valence-electron chi connectivity index (χ0n) is 40.7. The Bertz CT molecular complexity index is 1590. The second-order valence-electron chi connectivity index (χ2n) is 19.0. The van der Waals surface area contributed by atoms with Crippen molar-refractivity contribution in [3.8, 4) is 0 Å². The molecule has 0 saturated carbocycles. The van der Waals surface area contributed by atoms with Crippen molar-refractivity contribution in [2.45, 2.75) is 176 Å². The van der Waals surface area contributed by atoms with Crippen molar-refractivity contribution in [1.82, 2.24) is 42.5 Å². The molecule has 8 amide bonds. The molecule has 10 atom stereocenters. The molecule has 0 aromatic rings. The van der Waals surface area contributed by atoms with E-state index in [9.17, 15) is 58.5 Å². The molecule has 13 N–H and O–H groups in total. The van der Waals surface area contributed by atoms with Gasteiger partial charge in [0.15, 0.2) is 0 Å². The Morgan fingerprint density at radius 2 is 0.738 bits per heavy atom. The lowest BCUT2D eigenvalue weighted by Crippen LogP contribution is -2.61. The summed E-state index contributed by atoms with van der Waals surface area (Å²) in [7, 11) is 0. The number of aliphatic carboxylic acids is 1. The molecule has 21 heteroatoms. The van der Waals surface area contributed by atoms with Crippen LogP contribution in [0.25, 0.3) is 0 Å². The molecule has 0 aliphatic rings. The molecule has 0 aromatic carbocycles. The van der Waals surface area contributed by atoms with Crippen LogP contribution in [0.4, 0.5) is 0 Å². The maximum Gasteiger partial charge on any atom is 0.326 e. The van der Waals surface area contributed by atoms with E-state index in [1.165, 1.54) is 6.92 Å². The van der Waals surface area contributed by atoms with Crippen LogP contribution in [0.15, 0.2) is 0 Å². The zero-order chi connectivity index (χ0) is 50.5. The minimum atomic E-state index is -1.57. The van der Waals surface area contributed by atoms with E-state index in [1.54, 1.807) is 41.5 Å². The van der Waals surface area contributed by atoms with Crippen molar-refractivity contribution in [2.24, 2.45) is 41.2 Å². The van der Waals surface area contributed by atoms with E-state index in [-0.39, 0.29) is 42.9 Å². The number of aliphatic hydroxyl groups is 2. The average molecular weight is 928 g/mol. The zero-order valence-corrected chi connectivity index (χ0v) is 40.7. The number of carboxylic acid groups (broad SMARTS) is 1. The Kier molecular flexibility index (Phi) is 27.4. The first-order valence-electron chi connectivity index (χ1n) is 22.7. The highest BCUT2D eigenvalue weighted by molar-refractivity contribution is 5.98. The largest absolute Gasteiger partial charge is 0.480 e. The quantitative estimate of drug-likeness (QED) is 0.0419. The maximum atomic E-state index is 13.7. The number of amides is 8. The normalized spacial score (nSPS) is 16.2. The van der Waals surface area contributed by atoms with Gasteiger partial charge in [-0.2, -0.15) is 0 Å². The topological polar surface area (TPSA) is 337 Å². The van der Waals surface area contributed by atoms with Crippen LogP contribution in [0.3, 0.4) is 0 Å². The van der Waals surface area contributed by atoms with Crippen LogP contribution >= 0.6 is 0 Å². The van der Waals surface area contributed by atoms with E-state index in [0.717, 1.165) is 0 Å². The molecule has 0 heterocycles. The number of carboxylic acids is 1. The highest BCUT2D eigenvalue weighted by Gasteiger charge is 2.36. The number of nitrogens with one attached hydrogen (secondary N) is 8. The van der Waals surface area contributed by atoms with Gasteiger partial charge in [0.05, 0.1) is 19.3 Å². The van der Waals surface area contributed by atoms with E-state index in [2.05, 4.69) is 42.5 Å². The van der Waals surface area contributed by atoms with Crippen molar-refractivity contribution in [3.63, 3.8) is 0 Å². The van der Waals surface area contributed by atoms with Gasteiger partial charge in [0.1, 0.15) is 48.3 Å². The van der Waals surface area contributed by atoms with Gasteiger partial charge in [0.2, 0.25) is 47.3 Å². The summed E-state index contributed by atoms with van der Waals surface area (Å²) >= 11 is 0. The van der Waals surface area contributed by atoms with Crippen molar-refractivity contribution >= 4 is 53.2 Å². The Morgan fingerprint density at radius 1 is 0.415 bits per heavy atom. The molecule has 0 aliphatic carbocycles. The SMILES string of the molecule is CC[C@H](C)[C@H](NC(=O)[C@H](CO)NC(=O)[C@H](CC(C)C)NC(=O)[C@H](CC(C)C)NC(=O)[C@@H](N)CC(C)C)C(=O)N[C@@H](C)C(=O)N[C@@H](CC(C)C)C(=O)N[C@@H](CO)C(=O)N[C@H](C(=O)O)C(C)C. The summed E-state index contributed by atoms with van der Waals surface area (Å²) in [5.41, 5.74) is 6.06. The summed E-state index contributed by atoms with van der Waals surface area (Å²) in [6.45, 7) is 20.9. The second-order valence-corrected chi connectivity index (χ2v) is 19.0. The fraction of sp³-hybridized carbons (Fsp3) is 0.795.